The highest BCUT2D eigenvalue weighted by Gasteiger charge is 2.50. The third kappa shape index (κ3) is 1.20. The number of carbonyl (C=O) groups excluding carboxylic acids is 2. The lowest BCUT2D eigenvalue weighted by Crippen LogP contribution is -2.17. The molecule has 2 rings (SSSR count). The zero-order chi connectivity index (χ0) is 8.72. The monoisotopic (exact) mass is 184 g/mol. The molecule has 0 spiro atoms. The number of hydrogen-bond donors (Lipinski definition) is 0. The molecule has 0 radical (unpaired) electrons. The maximum absolute atomic E-state index is 11.3. The second kappa shape index (κ2) is 2.87. The van der Waals surface area contributed by atoms with Crippen molar-refractivity contribution in [2.45, 2.75) is 19.8 Å². The summed E-state index contributed by atoms with van der Waals surface area (Å²) in [4.78, 5) is 22.6. The standard InChI is InChI=1S/C9H12O2S/c1-2-5-3-6(5)8-7(10)4-12-9(8)11/h5-6,8H,2-4H2,1H3. The normalized spacial score (nSPS) is 40.6. The predicted octanol–water partition coefficient (Wildman–Crippen LogP) is 1.49. The SMILES string of the molecule is CCC1CC1C1C(=O)CSC1=O. The number of hydrogen-bond acceptors (Lipinski definition) is 3. The lowest BCUT2D eigenvalue weighted by atomic mass is 9.99. The molecule has 0 aromatic carbocycles. The Bertz CT molecular complexity index is 221. The van der Waals surface area contributed by atoms with Crippen LogP contribution >= 0.6 is 11.8 Å². The molecule has 0 amide bonds. The Labute approximate surface area is 76.1 Å². The van der Waals surface area contributed by atoms with Gasteiger partial charge in [0.1, 0.15) is 0 Å². The first-order valence-corrected chi connectivity index (χ1v) is 5.42. The molecule has 2 aliphatic rings. The number of Topliss-reactive ketones (excluding diaryl/α,β-unsaturated/α-hetero) is 1. The summed E-state index contributed by atoms with van der Waals surface area (Å²) in [6.07, 6.45) is 2.21. The second-order valence-electron chi connectivity index (χ2n) is 3.62. The molecule has 0 bridgehead atoms. The minimum Gasteiger partial charge on any atom is -0.298 e. The van der Waals surface area contributed by atoms with Crippen LogP contribution in [0.5, 0.6) is 0 Å². The molecule has 0 aromatic rings. The Morgan fingerprint density at radius 3 is 2.67 bits per heavy atom. The quantitative estimate of drug-likeness (QED) is 0.610. The van der Waals surface area contributed by atoms with Crippen molar-refractivity contribution in [3.63, 3.8) is 0 Å². The van der Waals surface area contributed by atoms with Crippen molar-refractivity contribution in [1.82, 2.24) is 0 Å². The first-order valence-electron chi connectivity index (χ1n) is 4.43. The largest absolute Gasteiger partial charge is 0.298 e. The molecule has 1 aliphatic heterocycles. The fraction of sp³-hybridized carbons (Fsp3) is 0.778. The summed E-state index contributed by atoms with van der Waals surface area (Å²) in [5.41, 5.74) is 0. The van der Waals surface area contributed by atoms with Crippen LogP contribution in [0.15, 0.2) is 0 Å². The van der Waals surface area contributed by atoms with Crippen LogP contribution in [0.1, 0.15) is 19.8 Å². The van der Waals surface area contributed by atoms with Gasteiger partial charge in [0.15, 0.2) is 10.9 Å². The van der Waals surface area contributed by atoms with E-state index in [9.17, 15) is 9.59 Å². The molecule has 66 valence electrons. The van der Waals surface area contributed by atoms with Gasteiger partial charge in [-0.3, -0.25) is 9.59 Å². The zero-order valence-electron chi connectivity index (χ0n) is 7.08. The van der Waals surface area contributed by atoms with Crippen LogP contribution < -0.4 is 0 Å². The van der Waals surface area contributed by atoms with E-state index in [1.807, 2.05) is 0 Å². The van der Waals surface area contributed by atoms with Crippen LogP contribution in [0.4, 0.5) is 0 Å². The topological polar surface area (TPSA) is 34.1 Å². The Kier molecular flexibility index (Phi) is 1.99. The molecular formula is C9H12O2S. The highest BCUT2D eigenvalue weighted by atomic mass is 32.2. The van der Waals surface area contributed by atoms with Crippen molar-refractivity contribution in [2.24, 2.45) is 17.8 Å². The molecule has 1 heterocycles. The van der Waals surface area contributed by atoms with Gasteiger partial charge in [0, 0.05) is 0 Å². The predicted molar refractivity (Wildman–Crippen MR) is 47.9 cm³/mol. The smallest absolute Gasteiger partial charge is 0.200 e. The summed E-state index contributed by atoms with van der Waals surface area (Å²) < 4.78 is 0. The first kappa shape index (κ1) is 8.30. The van der Waals surface area contributed by atoms with Crippen molar-refractivity contribution < 1.29 is 9.59 Å². The minimum absolute atomic E-state index is 0.126. The van der Waals surface area contributed by atoms with Crippen LogP contribution in [0.2, 0.25) is 0 Å². The zero-order valence-corrected chi connectivity index (χ0v) is 7.89. The summed E-state index contributed by atoms with van der Waals surface area (Å²) in [6.45, 7) is 2.13. The molecule has 2 fully saturated rings. The Morgan fingerprint density at radius 2 is 2.25 bits per heavy atom. The third-order valence-corrected chi connectivity index (χ3v) is 3.85. The van der Waals surface area contributed by atoms with E-state index in [1.54, 1.807) is 0 Å². The summed E-state index contributed by atoms with van der Waals surface area (Å²) in [7, 11) is 0. The highest BCUT2D eigenvalue weighted by molar-refractivity contribution is 8.15. The maximum Gasteiger partial charge on any atom is 0.200 e. The Morgan fingerprint density at radius 1 is 1.50 bits per heavy atom. The van der Waals surface area contributed by atoms with Gasteiger partial charge in [0.25, 0.3) is 0 Å². The average molecular weight is 184 g/mol. The van der Waals surface area contributed by atoms with E-state index in [1.165, 1.54) is 11.8 Å². The Hall–Kier alpha value is -0.310. The molecule has 2 nitrogen and oxygen atoms in total. The lowest BCUT2D eigenvalue weighted by molar-refractivity contribution is -0.126. The van der Waals surface area contributed by atoms with Crippen LogP contribution in [-0.4, -0.2) is 16.7 Å². The maximum atomic E-state index is 11.3. The number of thioether (sulfide) groups is 1. The van der Waals surface area contributed by atoms with Crippen molar-refractivity contribution >= 4 is 22.7 Å². The van der Waals surface area contributed by atoms with Crippen molar-refractivity contribution in [3.05, 3.63) is 0 Å². The van der Waals surface area contributed by atoms with Gasteiger partial charge in [-0.05, 0) is 18.3 Å². The van der Waals surface area contributed by atoms with Crippen molar-refractivity contribution in [1.29, 1.82) is 0 Å². The summed E-state index contributed by atoms with van der Waals surface area (Å²) in [5.74, 6) is 1.44. The van der Waals surface area contributed by atoms with E-state index >= 15 is 0 Å². The molecule has 3 atom stereocenters. The summed E-state index contributed by atoms with van der Waals surface area (Å²) >= 11 is 1.21. The molecule has 3 heteroatoms. The number of rotatable bonds is 2. The molecule has 1 aliphatic carbocycles. The van der Waals surface area contributed by atoms with E-state index in [0.29, 0.717) is 17.6 Å². The van der Waals surface area contributed by atoms with Crippen molar-refractivity contribution in [3.8, 4) is 0 Å². The summed E-state index contributed by atoms with van der Waals surface area (Å²) in [5, 5.41) is 0.126. The number of carbonyl (C=O) groups is 2. The van der Waals surface area contributed by atoms with Gasteiger partial charge in [0.2, 0.25) is 0 Å². The van der Waals surface area contributed by atoms with Crippen LogP contribution in [0, 0.1) is 17.8 Å². The van der Waals surface area contributed by atoms with Crippen LogP contribution in [-0.2, 0) is 9.59 Å². The molecule has 1 saturated heterocycles. The molecule has 0 N–H and O–H groups in total. The van der Waals surface area contributed by atoms with Crippen molar-refractivity contribution in [2.75, 3.05) is 5.75 Å². The van der Waals surface area contributed by atoms with Gasteiger partial charge in [-0.15, -0.1) is 0 Å². The van der Waals surface area contributed by atoms with Gasteiger partial charge >= 0.3 is 0 Å². The van der Waals surface area contributed by atoms with Gasteiger partial charge in [-0.25, -0.2) is 0 Å². The number of ketones is 1. The minimum atomic E-state index is -0.222. The van der Waals surface area contributed by atoms with E-state index in [4.69, 9.17) is 0 Å². The molecule has 0 aromatic heterocycles. The molecule has 12 heavy (non-hydrogen) atoms. The molecule has 3 unspecified atom stereocenters. The van der Waals surface area contributed by atoms with E-state index in [-0.39, 0.29) is 16.8 Å². The third-order valence-electron chi connectivity index (χ3n) is 2.89. The van der Waals surface area contributed by atoms with Gasteiger partial charge in [-0.1, -0.05) is 25.1 Å². The van der Waals surface area contributed by atoms with Gasteiger partial charge < -0.3 is 0 Å². The van der Waals surface area contributed by atoms with Crippen LogP contribution in [0.3, 0.4) is 0 Å². The highest BCUT2D eigenvalue weighted by Crippen LogP contribution is 2.49. The average Bonchev–Trinajstić information content (AvgIpc) is 2.74. The van der Waals surface area contributed by atoms with Crippen LogP contribution in [0.25, 0.3) is 0 Å². The van der Waals surface area contributed by atoms with E-state index < -0.39 is 0 Å². The molecule has 1 saturated carbocycles. The summed E-state index contributed by atoms with van der Waals surface area (Å²) in [6, 6.07) is 0. The fourth-order valence-corrected chi connectivity index (χ4v) is 2.97. The lowest BCUT2D eigenvalue weighted by Gasteiger charge is -2.02. The van der Waals surface area contributed by atoms with E-state index in [2.05, 4.69) is 6.92 Å². The first-order chi connectivity index (χ1) is 5.74. The molecular weight excluding hydrogens is 172 g/mol. The van der Waals surface area contributed by atoms with Gasteiger partial charge in [-0.2, -0.15) is 0 Å². The fourth-order valence-electron chi connectivity index (χ4n) is 2.02. The Balaban J connectivity index is 2.04. The van der Waals surface area contributed by atoms with E-state index in [0.717, 1.165) is 12.8 Å². The van der Waals surface area contributed by atoms with Gasteiger partial charge in [0.05, 0.1) is 11.7 Å². The second-order valence-corrected chi connectivity index (χ2v) is 4.60.